The van der Waals surface area contributed by atoms with Crippen LogP contribution < -0.4 is 5.73 Å². The average molecular weight is 263 g/mol. The second kappa shape index (κ2) is 4.05. The van der Waals surface area contributed by atoms with Gasteiger partial charge in [-0.05, 0) is 19.4 Å². The Balaban J connectivity index is 2.21. The zero-order valence-corrected chi connectivity index (χ0v) is 11.0. The van der Waals surface area contributed by atoms with Crippen LogP contribution in [0, 0.1) is 0 Å². The monoisotopic (exact) mass is 263 g/mol. The van der Waals surface area contributed by atoms with Crippen molar-refractivity contribution in [1.29, 1.82) is 0 Å². The number of nitrogen functional groups attached to an aromatic ring is 1. The Bertz CT molecular complexity index is 692. The van der Waals surface area contributed by atoms with Gasteiger partial charge >= 0.3 is 0 Å². The minimum Gasteiger partial charge on any atom is -0.374 e. The van der Waals surface area contributed by atoms with Crippen molar-refractivity contribution in [3.05, 3.63) is 11.8 Å². The molecule has 3 aromatic heterocycles. The van der Waals surface area contributed by atoms with Crippen molar-refractivity contribution in [2.24, 2.45) is 0 Å². The topological polar surface area (TPSA) is 86.9 Å². The molecular weight excluding hydrogens is 250 g/mol. The third kappa shape index (κ3) is 1.57. The van der Waals surface area contributed by atoms with Crippen molar-refractivity contribution >= 4 is 21.4 Å². The fraction of sp³-hybridized carbons (Fsp3) is 0.400. The molecule has 0 fully saturated rings. The van der Waals surface area contributed by atoms with E-state index < -0.39 is 0 Å². The number of aryl methyl sites for hydroxylation is 2. The summed E-state index contributed by atoms with van der Waals surface area (Å²) in [7, 11) is 0. The smallest absolute Gasteiger partial charge is 0.236 e. The highest BCUT2D eigenvalue weighted by Gasteiger charge is 2.17. The van der Waals surface area contributed by atoms with Crippen molar-refractivity contribution in [3.63, 3.8) is 0 Å². The highest BCUT2D eigenvalue weighted by Crippen LogP contribution is 2.23. The number of aromatic nitrogens is 6. The van der Waals surface area contributed by atoms with E-state index in [-0.39, 0.29) is 0 Å². The van der Waals surface area contributed by atoms with Crippen LogP contribution in [0.5, 0.6) is 0 Å². The summed E-state index contributed by atoms with van der Waals surface area (Å²) in [5, 5.41) is 17.4. The van der Waals surface area contributed by atoms with E-state index in [1.54, 1.807) is 4.52 Å². The number of fused-ring (bicyclic) bond motifs is 1. The lowest BCUT2D eigenvalue weighted by atomic mass is 10.3. The number of hydrogen-bond donors (Lipinski definition) is 1. The SMILES string of the molecule is CCc1cc(-c2nnc3sc(N)nn23)n(CC)n1. The summed E-state index contributed by atoms with van der Waals surface area (Å²) in [6, 6.07) is 2.02. The lowest BCUT2D eigenvalue weighted by Crippen LogP contribution is -2.02. The van der Waals surface area contributed by atoms with Crippen LogP contribution in [0.25, 0.3) is 16.5 Å². The summed E-state index contributed by atoms with van der Waals surface area (Å²) in [6.45, 7) is 4.90. The van der Waals surface area contributed by atoms with Gasteiger partial charge in [0.1, 0.15) is 5.69 Å². The summed E-state index contributed by atoms with van der Waals surface area (Å²) in [5.41, 5.74) is 7.64. The molecule has 8 heteroatoms. The van der Waals surface area contributed by atoms with E-state index in [2.05, 4.69) is 27.3 Å². The van der Waals surface area contributed by atoms with Crippen molar-refractivity contribution in [2.75, 3.05) is 5.73 Å². The first kappa shape index (κ1) is 11.1. The van der Waals surface area contributed by atoms with Gasteiger partial charge in [-0.1, -0.05) is 18.3 Å². The molecular formula is C10H13N7S. The maximum absolute atomic E-state index is 5.68. The van der Waals surface area contributed by atoms with Gasteiger partial charge in [-0.3, -0.25) is 4.68 Å². The molecule has 0 atom stereocenters. The molecule has 3 aromatic rings. The number of nitrogens with zero attached hydrogens (tertiary/aromatic N) is 6. The predicted molar refractivity (Wildman–Crippen MR) is 69.3 cm³/mol. The molecule has 7 nitrogen and oxygen atoms in total. The van der Waals surface area contributed by atoms with Crippen molar-refractivity contribution < 1.29 is 0 Å². The standard InChI is InChI=1S/C10H13N7S/c1-3-6-5-7(16(4-2)14-6)8-12-13-10-17(8)15-9(11)18-10/h5H,3-4H2,1-2H3,(H2,11,15). The Labute approximate surface area is 107 Å². The highest BCUT2D eigenvalue weighted by molar-refractivity contribution is 7.20. The third-order valence-corrected chi connectivity index (χ3v) is 3.46. The molecule has 0 saturated heterocycles. The zero-order valence-electron chi connectivity index (χ0n) is 10.2. The van der Waals surface area contributed by atoms with E-state index in [1.807, 2.05) is 17.7 Å². The zero-order chi connectivity index (χ0) is 12.7. The Kier molecular flexibility index (Phi) is 2.51. The lowest BCUT2D eigenvalue weighted by molar-refractivity contribution is 0.650. The van der Waals surface area contributed by atoms with Crippen LogP contribution in [0.3, 0.4) is 0 Å². The summed E-state index contributed by atoms with van der Waals surface area (Å²) in [5.74, 6) is 0.687. The van der Waals surface area contributed by atoms with Crippen LogP contribution in [-0.2, 0) is 13.0 Å². The quantitative estimate of drug-likeness (QED) is 0.767. The van der Waals surface area contributed by atoms with Crippen LogP contribution in [0.2, 0.25) is 0 Å². The summed E-state index contributed by atoms with van der Waals surface area (Å²) < 4.78 is 3.58. The molecule has 0 spiro atoms. The van der Waals surface area contributed by atoms with Gasteiger partial charge in [0.2, 0.25) is 15.9 Å². The van der Waals surface area contributed by atoms with Gasteiger partial charge < -0.3 is 5.73 Å². The molecule has 0 aliphatic carbocycles. The van der Waals surface area contributed by atoms with Gasteiger partial charge in [0.15, 0.2) is 0 Å². The molecule has 18 heavy (non-hydrogen) atoms. The molecule has 0 unspecified atom stereocenters. The molecule has 0 aromatic carbocycles. The molecule has 2 N–H and O–H groups in total. The van der Waals surface area contributed by atoms with Gasteiger partial charge in [-0.25, -0.2) is 0 Å². The maximum Gasteiger partial charge on any atom is 0.236 e. The second-order valence-corrected chi connectivity index (χ2v) is 4.84. The van der Waals surface area contributed by atoms with E-state index in [1.165, 1.54) is 11.3 Å². The fourth-order valence-electron chi connectivity index (χ4n) is 1.86. The second-order valence-electron chi connectivity index (χ2n) is 3.85. The van der Waals surface area contributed by atoms with E-state index in [0.29, 0.717) is 15.9 Å². The largest absolute Gasteiger partial charge is 0.374 e. The molecule has 94 valence electrons. The van der Waals surface area contributed by atoms with E-state index in [9.17, 15) is 0 Å². The molecule has 0 bridgehead atoms. The minimum atomic E-state index is 0.486. The fourth-order valence-corrected chi connectivity index (χ4v) is 2.46. The van der Waals surface area contributed by atoms with Crippen LogP contribution >= 0.6 is 11.3 Å². The number of hydrogen-bond acceptors (Lipinski definition) is 6. The van der Waals surface area contributed by atoms with Gasteiger partial charge in [0.05, 0.1) is 5.69 Å². The first-order chi connectivity index (χ1) is 8.72. The van der Waals surface area contributed by atoms with Crippen molar-refractivity contribution in [3.8, 4) is 11.5 Å². The maximum atomic E-state index is 5.68. The summed E-state index contributed by atoms with van der Waals surface area (Å²) in [6.07, 6.45) is 0.890. The Morgan fingerprint density at radius 2 is 2.11 bits per heavy atom. The van der Waals surface area contributed by atoms with Crippen LogP contribution in [0.1, 0.15) is 19.5 Å². The third-order valence-electron chi connectivity index (χ3n) is 2.73. The molecule has 3 heterocycles. The summed E-state index contributed by atoms with van der Waals surface area (Å²) >= 11 is 1.32. The van der Waals surface area contributed by atoms with E-state index in [4.69, 9.17) is 5.73 Å². The lowest BCUT2D eigenvalue weighted by Gasteiger charge is -2.00. The number of anilines is 1. The number of nitrogens with two attached hydrogens (primary N) is 1. The average Bonchev–Trinajstić information content (AvgIpc) is 3.01. The first-order valence-electron chi connectivity index (χ1n) is 5.77. The first-order valence-corrected chi connectivity index (χ1v) is 6.59. The normalized spacial score (nSPS) is 11.4. The van der Waals surface area contributed by atoms with Gasteiger partial charge in [-0.2, -0.15) is 9.61 Å². The van der Waals surface area contributed by atoms with Crippen LogP contribution in [0.15, 0.2) is 6.07 Å². The Morgan fingerprint density at radius 3 is 2.83 bits per heavy atom. The van der Waals surface area contributed by atoms with Crippen LogP contribution in [-0.4, -0.2) is 29.6 Å². The predicted octanol–water partition coefficient (Wildman–Crippen LogP) is 1.21. The van der Waals surface area contributed by atoms with Crippen molar-refractivity contribution in [1.82, 2.24) is 29.6 Å². The summed E-state index contributed by atoms with van der Waals surface area (Å²) in [4.78, 5) is 0.699. The van der Waals surface area contributed by atoms with Crippen molar-refractivity contribution in [2.45, 2.75) is 26.8 Å². The molecule has 0 saturated carbocycles. The van der Waals surface area contributed by atoms with Gasteiger partial charge in [0.25, 0.3) is 0 Å². The van der Waals surface area contributed by atoms with E-state index >= 15 is 0 Å². The molecule has 0 radical (unpaired) electrons. The van der Waals surface area contributed by atoms with E-state index in [0.717, 1.165) is 24.4 Å². The Morgan fingerprint density at radius 1 is 1.28 bits per heavy atom. The van der Waals surface area contributed by atoms with Crippen LogP contribution in [0.4, 0.5) is 5.13 Å². The Hall–Kier alpha value is -1.96. The molecule has 3 rings (SSSR count). The molecule has 0 aliphatic rings. The highest BCUT2D eigenvalue weighted by atomic mass is 32.1. The number of rotatable bonds is 3. The minimum absolute atomic E-state index is 0.486. The van der Waals surface area contributed by atoms with Gasteiger partial charge in [0, 0.05) is 6.54 Å². The van der Waals surface area contributed by atoms with Gasteiger partial charge in [-0.15, -0.1) is 15.3 Å². The molecule has 0 aliphatic heterocycles. The molecule has 0 amide bonds.